The molecule has 0 bridgehead atoms. The summed E-state index contributed by atoms with van der Waals surface area (Å²) >= 11 is 0. The Labute approximate surface area is 200 Å². The fourth-order valence-corrected chi connectivity index (χ4v) is 4.62. The van der Waals surface area contributed by atoms with Crippen LogP contribution in [0.3, 0.4) is 0 Å². The quantitative estimate of drug-likeness (QED) is 0.282. The van der Waals surface area contributed by atoms with Gasteiger partial charge >= 0.3 is 0 Å². The second-order valence-corrected chi connectivity index (χ2v) is 8.31. The lowest BCUT2D eigenvalue weighted by molar-refractivity contribution is 0.669. The van der Waals surface area contributed by atoms with Crippen molar-refractivity contribution in [3.63, 3.8) is 0 Å². The normalized spacial score (nSPS) is 11.4. The Hall–Kier alpha value is -4.90. The van der Waals surface area contributed by atoms with Crippen molar-refractivity contribution >= 4 is 33.0 Å². The van der Waals surface area contributed by atoms with Crippen molar-refractivity contribution in [1.82, 2.24) is 19.9 Å². The van der Waals surface area contributed by atoms with E-state index in [0.29, 0.717) is 11.4 Å². The Bertz CT molecular complexity index is 1860. The fourth-order valence-electron chi connectivity index (χ4n) is 4.62. The monoisotopic (exact) mass is 450 g/mol. The number of para-hydroxylation sites is 2. The molecule has 164 valence electrons. The predicted molar refractivity (Wildman–Crippen MR) is 139 cm³/mol. The zero-order chi connectivity index (χ0) is 23.2. The molecule has 0 atom stereocenters. The zero-order valence-electron chi connectivity index (χ0n) is 18.6. The maximum atomic E-state index is 6.24. The summed E-state index contributed by atoms with van der Waals surface area (Å²) in [6.07, 6.45) is 3.60. The average Bonchev–Trinajstić information content (AvgIpc) is 3.32. The van der Waals surface area contributed by atoms with Crippen LogP contribution >= 0.6 is 0 Å². The van der Waals surface area contributed by atoms with Crippen molar-refractivity contribution < 1.29 is 4.42 Å². The molecule has 0 amide bonds. The zero-order valence-corrected chi connectivity index (χ0v) is 18.6. The van der Waals surface area contributed by atoms with Crippen LogP contribution in [0.25, 0.3) is 66.9 Å². The van der Waals surface area contributed by atoms with Gasteiger partial charge in [-0.2, -0.15) is 0 Å². The van der Waals surface area contributed by atoms with Crippen molar-refractivity contribution in [2.45, 2.75) is 0 Å². The Morgan fingerprint density at radius 2 is 1.31 bits per heavy atom. The van der Waals surface area contributed by atoms with Crippen molar-refractivity contribution in [3.05, 3.63) is 109 Å². The van der Waals surface area contributed by atoms with Gasteiger partial charge in [0.2, 0.25) is 0 Å². The van der Waals surface area contributed by atoms with E-state index < -0.39 is 0 Å². The molecule has 3 aromatic carbocycles. The van der Waals surface area contributed by atoms with Crippen LogP contribution in [0.5, 0.6) is 0 Å². The lowest BCUT2D eigenvalue weighted by Gasteiger charge is -2.13. The highest BCUT2D eigenvalue weighted by Crippen LogP contribution is 2.37. The van der Waals surface area contributed by atoms with E-state index in [-0.39, 0.29) is 0 Å². The van der Waals surface area contributed by atoms with Gasteiger partial charge in [-0.15, -0.1) is 0 Å². The van der Waals surface area contributed by atoms with Crippen molar-refractivity contribution in [2.24, 2.45) is 0 Å². The Morgan fingerprint density at radius 1 is 0.543 bits per heavy atom. The van der Waals surface area contributed by atoms with Crippen LogP contribution < -0.4 is 0 Å². The van der Waals surface area contributed by atoms with Gasteiger partial charge in [0, 0.05) is 34.3 Å². The van der Waals surface area contributed by atoms with Gasteiger partial charge in [0.05, 0.1) is 22.5 Å². The molecule has 5 nitrogen and oxygen atoms in total. The highest BCUT2D eigenvalue weighted by molar-refractivity contribution is 6.07. The minimum absolute atomic E-state index is 0.598. The molecule has 0 spiro atoms. The van der Waals surface area contributed by atoms with Gasteiger partial charge in [0.1, 0.15) is 11.1 Å². The molecule has 0 unspecified atom stereocenters. The third kappa shape index (κ3) is 3.17. The Morgan fingerprint density at radius 3 is 2.20 bits per heavy atom. The van der Waals surface area contributed by atoms with Crippen LogP contribution in [0.1, 0.15) is 0 Å². The van der Waals surface area contributed by atoms with Gasteiger partial charge in [-0.1, -0.05) is 60.7 Å². The average molecular weight is 451 g/mol. The Balaban J connectivity index is 1.53. The molecule has 35 heavy (non-hydrogen) atoms. The number of fused-ring (bicyclic) bond motifs is 4. The summed E-state index contributed by atoms with van der Waals surface area (Å²) in [5, 5.41) is 1.96. The molecule has 0 radical (unpaired) electrons. The summed E-state index contributed by atoms with van der Waals surface area (Å²) in [6.45, 7) is 0. The number of benzene rings is 3. The number of furan rings is 1. The molecule has 0 aliphatic heterocycles. The summed E-state index contributed by atoms with van der Waals surface area (Å²) in [5.41, 5.74) is 7.75. The fraction of sp³-hybridized carbons (Fsp3) is 0. The van der Waals surface area contributed by atoms with E-state index in [9.17, 15) is 0 Å². The molecule has 0 N–H and O–H groups in total. The van der Waals surface area contributed by atoms with Crippen LogP contribution in [0.2, 0.25) is 0 Å². The van der Waals surface area contributed by atoms with Gasteiger partial charge in [-0.3, -0.25) is 9.97 Å². The number of rotatable bonds is 3. The first kappa shape index (κ1) is 19.6. The highest BCUT2D eigenvalue weighted by Gasteiger charge is 2.19. The third-order valence-corrected chi connectivity index (χ3v) is 6.23. The summed E-state index contributed by atoms with van der Waals surface area (Å²) < 4.78 is 6.24. The molecule has 5 heteroatoms. The molecule has 0 fully saturated rings. The predicted octanol–water partition coefficient (Wildman–Crippen LogP) is 7.32. The first-order chi connectivity index (χ1) is 17.4. The summed E-state index contributed by atoms with van der Waals surface area (Å²) in [6, 6.07) is 32.1. The van der Waals surface area contributed by atoms with Crippen molar-refractivity contribution in [1.29, 1.82) is 0 Å². The maximum Gasteiger partial charge on any atom is 0.164 e. The molecule has 4 aromatic heterocycles. The van der Waals surface area contributed by atoms with Crippen LogP contribution in [0.15, 0.2) is 114 Å². The first-order valence-electron chi connectivity index (χ1n) is 11.4. The highest BCUT2D eigenvalue weighted by atomic mass is 16.3. The lowest BCUT2D eigenvalue weighted by Crippen LogP contribution is -1.97. The topological polar surface area (TPSA) is 64.7 Å². The van der Waals surface area contributed by atoms with E-state index in [0.717, 1.165) is 55.5 Å². The second kappa shape index (κ2) is 7.85. The molecule has 4 heterocycles. The molecular formula is C30H18N4O. The van der Waals surface area contributed by atoms with Crippen LogP contribution in [-0.2, 0) is 0 Å². The number of pyridine rings is 2. The van der Waals surface area contributed by atoms with Crippen LogP contribution in [0.4, 0.5) is 0 Å². The van der Waals surface area contributed by atoms with Gasteiger partial charge < -0.3 is 4.42 Å². The summed E-state index contributed by atoms with van der Waals surface area (Å²) in [4.78, 5) is 19.3. The largest absolute Gasteiger partial charge is 0.454 e. The molecule has 0 saturated carbocycles. The van der Waals surface area contributed by atoms with E-state index in [1.54, 1.807) is 6.20 Å². The second-order valence-electron chi connectivity index (χ2n) is 8.31. The molecule has 0 aliphatic rings. The van der Waals surface area contributed by atoms with E-state index in [1.165, 1.54) is 0 Å². The lowest BCUT2D eigenvalue weighted by atomic mass is 9.98. The van der Waals surface area contributed by atoms with Crippen LogP contribution in [-0.4, -0.2) is 19.9 Å². The van der Waals surface area contributed by atoms with Crippen LogP contribution in [0, 0.1) is 0 Å². The van der Waals surface area contributed by atoms with E-state index >= 15 is 0 Å². The number of hydrogen-bond donors (Lipinski definition) is 0. The minimum atomic E-state index is 0.598. The molecule has 0 aliphatic carbocycles. The van der Waals surface area contributed by atoms with E-state index in [4.69, 9.17) is 14.4 Å². The molecular weight excluding hydrogens is 432 g/mol. The minimum Gasteiger partial charge on any atom is -0.454 e. The van der Waals surface area contributed by atoms with Gasteiger partial charge in [0.25, 0.3) is 0 Å². The van der Waals surface area contributed by atoms with Gasteiger partial charge in [0.15, 0.2) is 11.4 Å². The molecule has 7 rings (SSSR count). The van der Waals surface area contributed by atoms with Crippen molar-refractivity contribution in [2.75, 3.05) is 0 Å². The van der Waals surface area contributed by atoms with E-state index in [2.05, 4.69) is 28.2 Å². The van der Waals surface area contributed by atoms with Gasteiger partial charge in [-0.05, 0) is 36.4 Å². The molecule has 7 aromatic rings. The first-order valence-corrected chi connectivity index (χ1v) is 11.4. The smallest absolute Gasteiger partial charge is 0.164 e. The maximum absolute atomic E-state index is 6.24. The standard InChI is InChI=1S/C30H18N4O/c1-2-10-20(19(9-1)24-13-7-8-17-31-24)27-21-11-3-5-14-25(21)33-30(34-27)23-16-18-32-28-22-12-4-6-15-26(22)35-29(23)28/h1-18H. The number of nitrogens with zero attached hydrogens (tertiary/aromatic N) is 4. The van der Waals surface area contributed by atoms with Crippen molar-refractivity contribution in [3.8, 4) is 33.9 Å². The number of hydrogen-bond acceptors (Lipinski definition) is 5. The molecule has 0 saturated heterocycles. The van der Waals surface area contributed by atoms with Gasteiger partial charge in [-0.25, -0.2) is 9.97 Å². The number of aromatic nitrogens is 4. The SMILES string of the molecule is c1ccc(-c2ccccc2-c2nc(-c3ccnc4c3oc3ccccc34)nc3ccccc23)nc1. The third-order valence-electron chi connectivity index (χ3n) is 6.23. The Kier molecular flexibility index (Phi) is 4.39. The van der Waals surface area contributed by atoms with E-state index in [1.807, 2.05) is 85.1 Å². The summed E-state index contributed by atoms with van der Waals surface area (Å²) in [7, 11) is 0. The summed E-state index contributed by atoms with van der Waals surface area (Å²) in [5.74, 6) is 0.598.